The molecule has 0 aromatic rings. The molecule has 32 heavy (non-hydrogen) atoms. The Labute approximate surface area is 201 Å². The smallest absolute Gasteiger partial charge is 0.220 e. The summed E-state index contributed by atoms with van der Waals surface area (Å²) in [5, 5.41) is 12.9. The van der Waals surface area contributed by atoms with Crippen LogP contribution in [0.25, 0.3) is 0 Å². The molecule has 190 valence electrons. The van der Waals surface area contributed by atoms with Crippen molar-refractivity contribution >= 4 is 5.91 Å². The van der Waals surface area contributed by atoms with E-state index in [4.69, 9.17) is 0 Å². The third-order valence-electron chi connectivity index (χ3n) is 6.65. The molecule has 0 aromatic heterocycles. The lowest BCUT2D eigenvalue weighted by Gasteiger charge is -2.23. The summed E-state index contributed by atoms with van der Waals surface area (Å²) < 4.78 is 0. The molecule has 1 amide bonds. The van der Waals surface area contributed by atoms with E-state index in [1.54, 1.807) is 0 Å². The highest BCUT2D eigenvalue weighted by atomic mass is 16.3. The van der Waals surface area contributed by atoms with Crippen LogP contribution in [0.2, 0.25) is 0 Å². The van der Waals surface area contributed by atoms with Crippen LogP contribution >= 0.6 is 0 Å². The van der Waals surface area contributed by atoms with Crippen molar-refractivity contribution in [1.82, 2.24) is 5.32 Å². The lowest BCUT2D eigenvalue weighted by atomic mass is 9.95. The van der Waals surface area contributed by atoms with Gasteiger partial charge in [0.15, 0.2) is 0 Å². The van der Waals surface area contributed by atoms with Crippen LogP contribution in [0, 0.1) is 5.92 Å². The molecule has 3 nitrogen and oxygen atoms in total. The van der Waals surface area contributed by atoms with Crippen molar-refractivity contribution in [3.63, 3.8) is 0 Å². The van der Waals surface area contributed by atoms with Gasteiger partial charge in [-0.25, -0.2) is 0 Å². The number of allylic oxidation sites excluding steroid dienone is 1. The summed E-state index contributed by atoms with van der Waals surface area (Å²) >= 11 is 0. The minimum atomic E-state index is -0.152. The standard InChI is InChI=1S/C29H57NO2/c1-4-7-9-11-12-13-14-15-16-17-18-19-21-22-24-27(6-3)28(26-31)30-29(32)25-23-20-10-8-5-2/h22,24,27-28,31H,4-21,23,25-26H2,1-3H3,(H,30,32)/b24-22+/t27-,28+/m0/s1. The van der Waals surface area contributed by atoms with E-state index in [-0.39, 0.29) is 24.5 Å². The fourth-order valence-electron chi connectivity index (χ4n) is 4.39. The summed E-state index contributed by atoms with van der Waals surface area (Å²) in [5.74, 6) is 0.315. The van der Waals surface area contributed by atoms with Gasteiger partial charge in [0.1, 0.15) is 0 Å². The van der Waals surface area contributed by atoms with Gasteiger partial charge in [-0.3, -0.25) is 4.79 Å². The van der Waals surface area contributed by atoms with Gasteiger partial charge in [-0.05, 0) is 31.6 Å². The maximum absolute atomic E-state index is 12.2. The Hall–Kier alpha value is -0.830. The number of nitrogens with one attached hydrogen (secondary N) is 1. The van der Waals surface area contributed by atoms with Gasteiger partial charge in [-0.1, -0.05) is 129 Å². The predicted octanol–water partition coefficient (Wildman–Crippen LogP) is 8.50. The Morgan fingerprint density at radius 3 is 1.66 bits per heavy atom. The van der Waals surface area contributed by atoms with Crippen LogP contribution in [0.5, 0.6) is 0 Å². The molecule has 0 bridgehead atoms. The van der Waals surface area contributed by atoms with Gasteiger partial charge >= 0.3 is 0 Å². The van der Waals surface area contributed by atoms with E-state index in [0.717, 1.165) is 25.7 Å². The summed E-state index contributed by atoms with van der Waals surface area (Å²) in [4.78, 5) is 12.2. The largest absolute Gasteiger partial charge is 0.394 e. The van der Waals surface area contributed by atoms with Crippen LogP contribution in [0.1, 0.15) is 149 Å². The van der Waals surface area contributed by atoms with Crippen LogP contribution < -0.4 is 5.32 Å². The molecule has 0 rings (SSSR count). The molecule has 0 fully saturated rings. The summed E-state index contributed by atoms with van der Waals surface area (Å²) in [6.07, 6.45) is 29.5. The van der Waals surface area contributed by atoms with E-state index in [1.165, 1.54) is 96.3 Å². The van der Waals surface area contributed by atoms with Crippen LogP contribution in [0.15, 0.2) is 12.2 Å². The first-order valence-corrected chi connectivity index (χ1v) is 14.3. The van der Waals surface area contributed by atoms with Gasteiger partial charge in [0.2, 0.25) is 5.91 Å². The summed E-state index contributed by atoms with van der Waals surface area (Å²) in [6.45, 7) is 6.64. The zero-order valence-corrected chi connectivity index (χ0v) is 22.0. The molecule has 0 aliphatic heterocycles. The maximum Gasteiger partial charge on any atom is 0.220 e. The molecule has 0 heterocycles. The Morgan fingerprint density at radius 1 is 0.719 bits per heavy atom. The Morgan fingerprint density at radius 2 is 1.19 bits per heavy atom. The van der Waals surface area contributed by atoms with E-state index in [9.17, 15) is 9.90 Å². The minimum absolute atomic E-state index is 0.0169. The van der Waals surface area contributed by atoms with Crippen molar-refractivity contribution in [3.8, 4) is 0 Å². The van der Waals surface area contributed by atoms with Crippen molar-refractivity contribution in [2.24, 2.45) is 5.92 Å². The topological polar surface area (TPSA) is 49.3 Å². The highest BCUT2D eigenvalue weighted by Crippen LogP contribution is 2.15. The molecule has 0 aliphatic rings. The van der Waals surface area contributed by atoms with Crippen molar-refractivity contribution in [1.29, 1.82) is 0 Å². The normalized spacial score (nSPS) is 13.5. The second-order valence-corrected chi connectivity index (χ2v) is 9.70. The van der Waals surface area contributed by atoms with Gasteiger partial charge in [0.05, 0.1) is 12.6 Å². The molecule has 0 saturated carbocycles. The van der Waals surface area contributed by atoms with Gasteiger partial charge in [0, 0.05) is 6.42 Å². The minimum Gasteiger partial charge on any atom is -0.394 e. The van der Waals surface area contributed by atoms with E-state index >= 15 is 0 Å². The number of amides is 1. The number of carbonyl (C=O) groups is 1. The number of hydrogen-bond acceptors (Lipinski definition) is 2. The SMILES string of the molecule is CCCCCCCCCCCCCC/C=C/[C@H](CC)[C@@H](CO)NC(=O)CCCCCCC. The third kappa shape index (κ3) is 19.8. The van der Waals surface area contributed by atoms with Crippen LogP contribution in [-0.4, -0.2) is 23.7 Å². The van der Waals surface area contributed by atoms with Crippen LogP contribution in [0.4, 0.5) is 0 Å². The Bertz CT molecular complexity index is 421. The molecule has 0 aromatic carbocycles. The molecule has 3 heteroatoms. The molecule has 2 N–H and O–H groups in total. The molecule has 0 saturated heterocycles. The van der Waals surface area contributed by atoms with E-state index in [0.29, 0.717) is 6.42 Å². The summed E-state index contributed by atoms with van der Waals surface area (Å²) in [6, 6.07) is -0.152. The Balaban J connectivity index is 3.81. The van der Waals surface area contributed by atoms with Gasteiger partial charge < -0.3 is 10.4 Å². The Kier molecular flexibility index (Phi) is 24.2. The van der Waals surface area contributed by atoms with Crippen molar-refractivity contribution < 1.29 is 9.90 Å². The van der Waals surface area contributed by atoms with E-state index in [2.05, 4.69) is 38.2 Å². The number of unbranched alkanes of at least 4 members (excludes halogenated alkanes) is 16. The van der Waals surface area contributed by atoms with Crippen LogP contribution in [0.3, 0.4) is 0 Å². The third-order valence-corrected chi connectivity index (χ3v) is 6.65. The van der Waals surface area contributed by atoms with Gasteiger partial charge in [-0.2, -0.15) is 0 Å². The summed E-state index contributed by atoms with van der Waals surface area (Å²) in [5.41, 5.74) is 0. The van der Waals surface area contributed by atoms with Crippen molar-refractivity contribution in [3.05, 3.63) is 12.2 Å². The fourth-order valence-corrected chi connectivity index (χ4v) is 4.39. The zero-order valence-electron chi connectivity index (χ0n) is 22.0. The van der Waals surface area contributed by atoms with Crippen LogP contribution in [-0.2, 0) is 4.79 Å². The first-order chi connectivity index (χ1) is 15.7. The molecule has 0 aliphatic carbocycles. The molecular formula is C29H57NO2. The number of carbonyl (C=O) groups excluding carboxylic acids is 1. The lowest BCUT2D eigenvalue weighted by molar-refractivity contribution is -0.122. The molecule has 0 radical (unpaired) electrons. The maximum atomic E-state index is 12.2. The highest BCUT2D eigenvalue weighted by molar-refractivity contribution is 5.76. The second kappa shape index (κ2) is 24.8. The number of aliphatic hydroxyl groups excluding tert-OH is 1. The van der Waals surface area contributed by atoms with Gasteiger partial charge in [0.25, 0.3) is 0 Å². The highest BCUT2D eigenvalue weighted by Gasteiger charge is 2.18. The monoisotopic (exact) mass is 451 g/mol. The second-order valence-electron chi connectivity index (χ2n) is 9.70. The quantitative estimate of drug-likeness (QED) is 0.114. The average molecular weight is 452 g/mol. The first kappa shape index (κ1) is 31.2. The van der Waals surface area contributed by atoms with Crippen molar-refractivity contribution in [2.45, 2.75) is 155 Å². The molecule has 0 spiro atoms. The lowest BCUT2D eigenvalue weighted by Crippen LogP contribution is -2.42. The number of hydrogen-bond donors (Lipinski definition) is 2. The van der Waals surface area contributed by atoms with E-state index < -0.39 is 0 Å². The fraction of sp³-hybridized carbons (Fsp3) is 0.897. The van der Waals surface area contributed by atoms with Gasteiger partial charge in [-0.15, -0.1) is 0 Å². The first-order valence-electron chi connectivity index (χ1n) is 14.3. The molecule has 2 atom stereocenters. The predicted molar refractivity (Wildman–Crippen MR) is 141 cm³/mol. The molecular weight excluding hydrogens is 394 g/mol. The molecule has 0 unspecified atom stereocenters. The number of rotatable bonds is 24. The van der Waals surface area contributed by atoms with E-state index in [1.807, 2.05) is 0 Å². The summed E-state index contributed by atoms with van der Waals surface area (Å²) in [7, 11) is 0. The average Bonchev–Trinajstić information content (AvgIpc) is 2.80. The number of aliphatic hydroxyl groups is 1. The van der Waals surface area contributed by atoms with Crippen molar-refractivity contribution in [2.75, 3.05) is 6.61 Å². The zero-order chi connectivity index (χ0) is 23.7.